The van der Waals surface area contributed by atoms with E-state index in [2.05, 4.69) is 15.5 Å². The van der Waals surface area contributed by atoms with Crippen molar-refractivity contribution < 1.29 is 18.9 Å². The van der Waals surface area contributed by atoms with E-state index in [1.165, 1.54) is 30.1 Å². The lowest BCUT2D eigenvalue weighted by atomic mass is 10.1. The number of hydrogen-bond donors (Lipinski definition) is 1. The number of hydrogen-bond acceptors (Lipinski definition) is 8. The molecule has 3 aromatic carbocycles. The highest BCUT2D eigenvalue weighted by Gasteiger charge is 2.14. The number of nitrogens with one attached hydrogen (secondary N) is 1. The van der Waals surface area contributed by atoms with Crippen LogP contribution in [0.2, 0.25) is 5.02 Å². The molecule has 0 bridgehead atoms. The molecule has 9 nitrogen and oxygen atoms in total. The van der Waals surface area contributed by atoms with Crippen molar-refractivity contribution in [1.29, 1.82) is 0 Å². The third-order valence-electron chi connectivity index (χ3n) is 4.72. The molecular formula is C23H17ClN4O5S. The summed E-state index contributed by atoms with van der Waals surface area (Å²) in [7, 11) is 1.59. The fraction of sp³-hybridized carbons (Fsp3) is 0.0870. The first-order chi connectivity index (χ1) is 16.4. The second-order valence-electron chi connectivity index (χ2n) is 6.93. The van der Waals surface area contributed by atoms with Gasteiger partial charge in [-0.15, -0.1) is 0 Å². The quantitative estimate of drug-likeness (QED) is 0.149. The molecule has 1 aromatic heterocycles. The second-order valence-corrected chi connectivity index (χ2v) is 8.26. The van der Waals surface area contributed by atoms with Gasteiger partial charge in [-0.05, 0) is 42.0 Å². The summed E-state index contributed by atoms with van der Waals surface area (Å²) in [6.07, 6.45) is 1.48. The number of benzene rings is 3. The van der Waals surface area contributed by atoms with E-state index in [9.17, 15) is 14.9 Å². The van der Waals surface area contributed by atoms with Crippen LogP contribution >= 0.6 is 23.4 Å². The Morgan fingerprint density at radius 2 is 2.09 bits per heavy atom. The van der Waals surface area contributed by atoms with Crippen LogP contribution in [0.3, 0.4) is 0 Å². The van der Waals surface area contributed by atoms with Gasteiger partial charge in [0.1, 0.15) is 11.3 Å². The van der Waals surface area contributed by atoms with E-state index in [1.54, 1.807) is 19.2 Å². The SMILES string of the molecule is COc1ccc(/C=N\NC(=O)c2ccc([N+](=O)[O-])cc2Cl)cc1CSc1nc2ccccc2o1. The van der Waals surface area contributed by atoms with Crippen molar-refractivity contribution in [1.82, 2.24) is 10.4 Å². The minimum atomic E-state index is -0.588. The van der Waals surface area contributed by atoms with Gasteiger partial charge in [-0.2, -0.15) is 5.10 Å². The average molecular weight is 497 g/mol. The number of fused-ring (bicyclic) bond motifs is 1. The number of para-hydroxylation sites is 2. The van der Waals surface area contributed by atoms with Crippen molar-refractivity contribution >= 4 is 52.3 Å². The number of amides is 1. The molecule has 0 aliphatic rings. The van der Waals surface area contributed by atoms with Crippen molar-refractivity contribution in [2.24, 2.45) is 5.10 Å². The standard InChI is InChI=1S/C23H17ClN4O5S/c1-32-20-9-6-14(10-15(20)13-34-23-26-19-4-2-3-5-21(19)33-23)12-25-27-22(29)17-8-7-16(28(30)31)11-18(17)24/h2-12H,13H2,1H3,(H,27,29)/b25-12-. The second kappa shape index (κ2) is 10.4. The monoisotopic (exact) mass is 496 g/mol. The number of carbonyl (C=O) groups is 1. The number of aromatic nitrogens is 1. The number of oxazole rings is 1. The molecule has 0 fully saturated rings. The Morgan fingerprint density at radius 3 is 2.82 bits per heavy atom. The van der Waals surface area contributed by atoms with Gasteiger partial charge in [-0.3, -0.25) is 14.9 Å². The molecule has 1 heterocycles. The maximum absolute atomic E-state index is 12.3. The molecule has 0 saturated heterocycles. The molecule has 0 aliphatic carbocycles. The first-order valence-corrected chi connectivity index (χ1v) is 11.2. The Balaban J connectivity index is 1.43. The van der Waals surface area contributed by atoms with Crippen molar-refractivity contribution in [3.8, 4) is 5.75 Å². The number of ether oxygens (including phenoxy) is 1. The Labute approximate surface area is 202 Å². The predicted molar refractivity (Wildman–Crippen MR) is 130 cm³/mol. The molecule has 172 valence electrons. The van der Waals surface area contributed by atoms with Gasteiger partial charge in [0.15, 0.2) is 5.58 Å². The lowest BCUT2D eigenvalue weighted by Gasteiger charge is -2.08. The van der Waals surface area contributed by atoms with Crippen LogP contribution in [0.15, 0.2) is 75.4 Å². The van der Waals surface area contributed by atoms with Gasteiger partial charge >= 0.3 is 0 Å². The number of methoxy groups -OCH3 is 1. The summed E-state index contributed by atoms with van der Waals surface area (Å²) in [6, 6.07) is 16.6. The van der Waals surface area contributed by atoms with Crippen LogP contribution in [-0.4, -0.2) is 29.1 Å². The minimum Gasteiger partial charge on any atom is -0.496 e. The normalized spacial score (nSPS) is 11.1. The van der Waals surface area contributed by atoms with Crippen molar-refractivity contribution in [3.63, 3.8) is 0 Å². The highest BCUT2D eigenvalue weighted by atomic mass is 35.5. The number of hydrazone groups is 1. The van der Waals surface area contributed by atoms with Gasteiger partial charge in [-0.1, -0.05) is 35.5 Å². The van der Waals surface area contributed by atoms with Gasteiger partial charge < -0.3 is 9.15 Å². The van der Waals surface area contributed by atoms with Crippen molar-refractivity contribution in [2.45, 2.75) is 11.0 Å². The van der Waals surface area contributed by atoms with Gasteiger partial charge in [0.2, 0.25) is 0 Å². The van der Waals surface area contributed by atoms with Gasteiger partial charge in [-0.25, -0.2) is 10.4 Å². The minimum absolute atomic E-state index is 0.0372. The summed E-state index contributed by atoms with van der Waals surface area (Å²) >= 11 is 7.42. The first kappa shape index (κ1) is 23.3. The fourth-order valence-electron chi connectivity index (χ4n) is 3.07. The van der Waals surface area contributed by atoms with Crippen LogP contribution in [0.25, 0.3) is 11.1 Å². The van der Waals surface area contributed by atoms with E-state index in [-0.39, 0.29) is 16.3 Å². The van der Waals surface area contributed by atoms with Crippen molar-refractivity contribution in [3.05, 3.63) is 92.5 Å². The number of thioether (sulfide) groups is 1. The zero-order chi connectivity index (χ0) is 24.1. The Hall–Kier alpha value is -3.89. The molecule has 0 aliphatic heterocycles. The molecule has 0 radical (unpaired) electrons. The predicted octanol–water partition coefficient (Wildman–Crippen LogP) is 5.45. The third-order valence-corrected chi connectivity index (χ3v) is 5.91. The third kappa shape index (κ3) is 5.36. The van der Waals surface area contributed by atoms with Crippen LogP contribution in [0.5, 0.6) is 5.75 Å². The number of carbonyl (C=O) groups excluding carboxylic acids is 1. The van der Waals surface area contributed by atoms with Crippen LogP contribution in [0.1, 0.15) is 21.5 Å². The van der Waals surface area contributed by atoms with E-state index in [4.69, 9.17) is 20.8 Å². The Kier molecular flexibility index (Phi) is 7.09. The summed E-state index contributed by atoms with van der Waals surface area (Å²) in [6.45, 7) is 0. The number of nitro benzene ring substituents is 1. The number of nitro groups is 1. The zero-order valence-electron chi connectivity index (χ0n) is 17.7. The van der Waals surface area contributed by atoms with Crippen LogP contribution in [0.4, 0.5) is 5.69 Å². The summed E-state index contributed by atoms with van der Waals surface area (Å²) in [5.41, 5.74) is 5.38. The van der Waals surface area contributed by atoms with Gasteiger partial charge in [0.25, 0.3) is 16.8 Å². The van der Waals surface area contributed by atoms with Gasteiger partial charge in [0.05, 0.1) is 28.8 Å². The van der Waals surface area contributed by atoms with E-state index < -0.39 is 10.8 Å². The summed E-state index contributed by atoms with van der Waals surface area (Å²) in [4.78, 5) is 27.0. The number of non-ortho nitro benzene ring substituents is 1. The average Bonchev–Trinajstić information content (AvgIpc) is 3.25. The van der Waals surface area contributed by atoms with Crippen LogP contribution in [0, 0.1) is 10.1 Å². The Bertz CT molecular complexity index is 1370. The molecule has 34 heavy (non-hydrogen) atoms. The fourth-order valence-corrected chi connectivity index (χ4v) is 4.15. The van der Waals surface area contributed by atoms with E-state index in [0.29, 0.717) is 16.7 Å². The molecule has 4 aromatic rings. The van der Waals surface area contributed by atoms with Crippen LogP contribution < -0.4 is 10.2 Å². The number of rotatable bonds is 8. The van der Waals surface area contributed by atoms with Crippen LogP contribution in [-0.2, 0) is 5.75 Å². The number of nitrogens with zero attached hydrogens (tertiary/aromatic N) is 3. The topological polar surface area (TPSA) is 120 Å². The maximum Gasteiger partial charge on any atom is 0.272 e. The molecule has 0 atom stereocenters. The molecule has 1 N–H and O–H groups in total. The summed E-state index contributed by atoms with van der Waals surface area (Å²) in [5, 5.41) is 15.3. The summed E-state index contributed by atoms with van der Waals surface area (Å²) in [5.74, 6) is 0.654. The highest BCUT2D eigenvalue weighted by Crippen LogP contribution is 2.30. The highest BCUT2D eigenvalue weighted by molar-refractivity contribution is 7.98. The largest absolute Gasteiger partial charge is 0.496 e. The molecular weight excluding hydrogens is 480 g/mol. The van der Waals surface area contributed by atoms with E-state index >= 15 is 0 Å². The van der Waals surface area contributed by atoms with E-state index in [0.717, 1.165) is 28.3 Å². The lowest BCUT2D eigenvalue weighted by Crippen LogP contribution is -2.18. The number of halogens is 1. The smallest absolute Gasteiger partial charge is 0.272 e. The molecule has 0 unspecified atom stereocenters. The maximum atomic E-state index is 12.3. The Morgan fingerprint density at radius 1 is 1.26 bits per heavy atom. The molecule has 4 rings (SSSR count). The summed E-state index contributed by atoms with van der Waals surface area (Å²) < 4.78 is 11.2. The molecule has 1 amide bonds. The first-order valence-electron chi connectivity index (χ1n) is 9.87. The van der Waals surface area contributed by atoms with Gasteiger partial charge in [0, 0.05) is 23.4 Å². The zero-order valence-corrected chi connectivity index (χ0v) is 19.3. The van der Waals surface area contributed by atoms with Crippen molar-refractivity contribution in [2.75, 3.05) is 7.11 Å². The molecule has 0 saturated carbocycles. The molecule has 11 heteroatoms. The molecule has 0 spiro atoms. The van der Waals surface area contributed by atoms with E-state index in [1.807, 2.05) is 30.3 Å². The lowest BCUT2D eigenvalue weighted by molar-refractivity contribution is -0.384.